The Morgan fingerprint density at radius 2 is 1.84 bits per heavy atom. The molecule has 25 heavy (non-hydrogen) atoms. The summed E-state index contributed by atoms with van der Waals surface area (Å²) >= 11 is 0. The molecule has 0 aliphatic carbocycles. The Morgan fingerprint density at radius 3 is 2.28 bits per heavy atom. The summed E-state index contributed by atoms with van der Waals surface area (Å²) in [4.78, 5) is 16.8. The van der Waals surface area contributed by atoms with Crippen LogP contribution in [0.3, 0.4) is 0 Å². The summed E-state index contributed by atoms with van der Waals surface area (Å²) in [6, 6.07) is 7.51. The molecule has 0 bridgehead atoms. The molecule has 0 fully saturated rings. The van der Waals surface area contributed by atoms with Crippen molar-refractivity contribution in [2.45, 2.75) is 46.5 Å². The van der Waals surface area contributed by atoms with Crippen LogP contribution in [0.2, 0.25) is 0 Å². The number of nitrogens with zero attached hydrogens (tertiary/aromatic N) is 1. The number of halogens is 1. The van der Waals surface area contributed by atoms with Crippen molar-refractivity contribution < 1.29 is 9.21 Å². The highest BCUT2D eigenvalue weighted by atomic mass is 35.5. The van der Waals surface area contributed by atoms with Gasteiger partial charge in [0.15, 0.2) is 0 Å². The first-order valence-electron chi connectivity index (χ1n) is 8.53. The van der Waals surface area contributed by atoms with Crippen molar-refractivity contribution in [2.75, 3.05) is 11.9 Å². The predicted molar refractivity (Wildman–Crippen MR) is 104 cm³/mol. The fourth-order valence-electron chi connectivity index (χ4n) is 2.60. The molecular weight excluding hydrogens is 338 g/mol. The standard InChI is InChI=1S/C19H27N3O2.ClH/c1-5-19(6-2,12-20)18(23)22-15-9-7-14(8-10-15)17-21-11-16(24-17)13(3)4;/h7-11,13H,5-6,12,20H2,1-4H3,(H,22,23);1H. The third kappa shape index (κ3) is 4.61. The van der Waals surface area contributed by atoms with Crippen molar-refractivity contribution in [3.63, 3.8) is 0 Å². The largest absolute Gasteiger partial charge is 0.441 e. The van der Waals surface area contributed by atoms with Gasteiger partial charge in [-0.2, -0.15) is 0 Å². The lowest BCUT2D eigenvalue weighted by atomic mass is 9.81. The minimum Gasteiger partial charge on any atom is -0.441 e. The second-order valence-corrected chi connectivity index (χ2v) is 6.45. The molecule has 3 N–H and O–H groups in total. The Balaban J connectivity index is 0.00000312. The molecule has 138 valence electrons. The molecule has 1 heterocycles. The van der Waals surface area contributed by atoms with Gasteiger partial charge in [0, 0.05) is 23.7 Å². The van der Waals surface area contributed by atoms with Crippen LogP contribution in [0.5, 0.6) is 0 Å². The summed E-state index contributed by atoms with van der Waals surface area (Å²) in [7, 11) is 0. The molecule has 0 radical (unpaired) electrons. The van der Waals surface area contributed by atoms with Crippen LogP contribution in [0, 0.1) is 5.41 Å². The number of nitrogens with two attached hydrogens (primary N) is 1. The third-order valence-corrected chi connectivity index (χ3v) is 4.71. The maximum atomic E-state index is 12.5. The van der Waals surface area contributed by atoms with Gasteiger partial charge in [0.25, 0.3) is 0 Å². The zero-order valence-corrected chi connectivity index (χ0v) is 16.2. The van der Waals surface area contributed by atoms with Gasteiger partial charge in [-0.05, 0) is 37.1 Å². The smallest absolute Gasteiger partial charge is 0.231 e. The fourth-order valence-corrected chi connectivity index (χ4v) is 2.60. The number of oxazole rings is 1. The molecule has 2 rings (SSSR count). The van der Waals surface area contributed by atoms with Gasteiger partial charge in [-0.1, -0.05) is 27.7 Å². The van der Waals surface area contributed by atoms with E-state index in [0.717, 1.165) is 29.9 Å². The van der Waals surface area contributed by atoms with Gasteiger partial charge in [0.2, 0.25) is 11.8 Å². The molecule has 6 heteroatoms. The summed E-state index contributed by atoms with van der Waals surface area (Å²) in [6.07, 6.45) is 3.20. The zero-order chi connectivity index (χ0) is 17.7. The number of carbonyl (C=O) groups is 1. The number of hydrogen-bond acceptors (Lipinski definition) is 4. The first-order valence-corrected chi connectivity index (χ1v) is 8.53. The van der Waals surface area contributed by atoms with Crippen LogP contribution in [0.25, 0.3) is 11.5 Å². The number of aromatic nitrogens is 1. The first-order chi connectivity index (χ1) is 11.5. The topological polar surface area (TPSA) is 81.2 Å². The fraction of sp³-hybridized carbons (Fsp3) is 0.474. The maximum Gasteiger partial charge on any atom is 0.231 e. The minimum absolute atomic E-state index is 0. The summed E-state index contributed by atoms with van der Waals surface area (Å²) in [6.45, 7) is 8.46. The molecule has 5 nitrogen and oxygen atoms in total. The quantitative estimate of drug-likeness (QED) is 0.751. The molecule has 0 spiro atoms. The summed E-state index contributed by atoms with van der Waals surface area (Å²) in [5.74, 6) is 1.73. The van der Waals surface area contributed by atoms with Crippen LogP contribution >= 0.6 is 12.4 Å². The Bertz CT molecular complexity index is 668. The Morgan fingerprint density at radius 1 is 1.24 bits per heavy atom. The van der Waals surface area contributed by atoms with Crippen molar-refractivity contribution in [1.82, 2.24) is 4.98 Å². The van der Waals surface area contributed by atoms with Gasteiger partial charge in [-0.15, -0.1) is 12.4 Å². The number of anilines is 1. The molecule has 0 saturated heterocycles. The van der Waals surface area contributed by atoms with Crippen LogP contribution in [-0.2, 0) is 4.79 Å². The van der Waals surface area contributed by atoms with Gasteiger partial charge in [0.05, 0.1) is 11.6 Å². The normalized spacial score (nSPS) is 11.3. The molecule has 2 aromatic rings. The number of rotatable bonds is 7. The lowest BCUT2D eigenvalue weighted by Crippen LogP contribution is -2.41. The van der Waals surface area contributed by atoms with Crippen LogP contribution in [-0.4, -0.2) is 17.4 Å². The number of benzene rings is 1. The lowest BCUT2D eigenvalue weighted by molar-refractivity contribution is -0.125. The van der Waals surface area contributed by atoms with Crippen molar-refractivity contribution in [3.8, 4) is 11.5 Å². The highest BCUT2D eigenvalue weighted by Crippen LogP contribution is 2.28. The SMILES string of the molecule is CCC(CC)(CN)C(=O)Nc1ccc(-c2ncc(C(C)C)o2)cc1.Cl. The monoisotopic (exact) mass is 365 g/mol. The van der Waals surface area contributed by atoms with E-state index in [1.54, 1.807) is 6.20 Å². The number of hydrogen-bond donors (Lipinski definition) is 2. The molecule has 1 aromatic carbocycles. The minimum atomic E-state index is -0.507. The van der Waals surface area contributed by atoms with E-state index in [1.807, 2.05) is 38.1 Å². The van der Waals surface area contributed by atoms with Crippen molar-refractivity contribution in [3.05, 3.63) is 36.2 Å². The second-order valence-electron chi connectivity index (χ2n) is 6.45. The summed E-state index contributed by atoms with van der Waals surface area (Å²) < 4.78 is 5.74. The van der Waals surface area contributed by atoms with E-state index in [1.165, 1.54) is 0 Å². The number of carbonyl (C=O) groups excluding carboxylic acids is 1. The van der Waals surface area contributed by atoms with E-state index < -0.39 is 5.41 Å². The van der Waals surface area contributed by atoms with E-state index in [0.29, 0.717) is 18.4 Å². The Labute approximate surface area is 155 Å². The molecule has 1 aromatic heterocycles. The highest BCUT2D eigenvalue weighted by molar-refractivity contribution is 5.95. The third-order valence-electron chi connectivity index (χ3n) is 4.71. The van der Waals surface area contributed by atoms with Crippen molar-refractivity contribution in [1.29, 1.82) is 0 Å². The lowest BCUT2D eigenvalue weighted by Gasteiger charge is -2.28. The van der Waals surface area contributed by atoms with Gasteiger partial charge in [-0.3, -0.25) is 4.79 Å². The zero-order valence-electron chi connectivity index (χ0n) is 15.3. The average molecular weight is 366 g/mol. The molecule has 0 atom stereocenters. The van der Waals surface area contributed by atoms with Crippen molar-refractivity contribution in [2.24, 2.45) is 11.1 Å². The van der Waals surface area contributed by atoms with Gasteiger partial charge >= 0.3 is 0 Å². The predicted octanol–water partition coefficient (Wildman–Crippen LogP) is 4.59. The average Bonchev–Trinajstić information content (AvgIpc) is 3.08. The van der Waals surface area contributed by atoms with E-state index >= 15 is 0 Å². The van der Waals surface area contributed by atoms with Crippen LogP contribution in [0.4, 0.5) is 5.69 Å². The molecule has 0 saturated carbocycles. The highest BCUT2D eigenvalue weighted by Gasteiger charge is 2.33. The van der Waals surface area contributed by atoms with Gasteiger partial charge < -0.3 is 15.5 Å². The van der Waals surface area contributed by atoms with Gasteiger partial charge in [0.1, 0.15) is 5.76 Å². The molecule has 0 unspecified atom stereocenters. The molecular formula is C19H28ClN3O2. The van der Waals surface area contributed by atoms with E-state index in [2.05, 4.69) is 24.1 Å². The van der Waals surface area contributed by atoms with E-state index in [-0.39, 0.29) is 18.3 Å². The Kier molecular flexibility index (Phi) is 7.64. The van der Waals surface area contributed by atoms with Gasteiger partial charge in [-0.25, -0.2) is 4.98 Å². The van der Waals surface area contributed by atoms with Crippen molar-refractivity contribution >= 4 is 24.0 Å². The Hall–Kier alpha value is -1.85. The van der Waals surface area contributed by atoms with Crippen LogP contribution < -0.4 is 11.1 Å². The number of nitrogens with one attached hydrogen (secondary N) is 1. The molecule has 0 aliphatic heterocycles. The first kappa shape index (κ1) is 21.2. The molecule has 1 amide bonds. The molecule has 0 aliphatic rings. The summed E-state index contributed by atoms with van der Waals surface area (Å²) in [5, 5.41) is 2.97. The maximum absolute atomic E-state index is 12.5. The summed E-state index contributed by atoms with van der Waals surface area (Å²) in [5.41, 5.74) is 6.96. The van der Waals surface area contributed by atoms with E-state index in [4.69, 9.17) is 10.2 Å². The van der Waals surface area contributed by atoms with Crippen LogP contribution in [0.1, 0.15) is 52.2 Å². The van der Waals surface area contributed by atoms with Crippen LogP contribution in [0.15, 0.2) is 34.9 Å². The second kappa shape index (κ2) is 9.02. The number of amides is 1. The van der Waals surface area contributed by atoms with E-state index in [9.17, 15) is 4.79 Å².